The van der Waals surface area contributed by atoms with Crippen LogP contribution in [0.3, 0.4) is 0 Å². The van der Waals surface area contributed by atoms with Crippen LogP contribution in [0.4, 0.5) is 0 Å². The molecule has 7 nitrogen and oxygen atoms in total. The highest BCUT2D eigenvalue weighted by Crippen LogP contribution is 2.32. The molecule has 2 aromatic rings. The van der Waals surface area contributed by atoms with Crippen molar-refractivity contribution in [3.05, 3.63) is 36.4 Å². The van der Waals surface area contributed by atoms with E-state index < -0.39 is 9.73 Å². The number of amides is 1. The van der Waals surface area contributed by atoms with E-state index in [1.54, 1.807) is 19.6 Å². The summed E-state index contributed by atoms with van der Waals surface area (Å²) in [4.78, 5) is 18.9. The molecule has 2 aromatic heterocycles. The zero-order chi connectivity index (χ0) is 17.5. The van der Waals surface area contributed by atoms with Crippen LogP contribution in [0.25, 0.3) is 5.52 Å². The first-order chi connectivity index (χ1) is 12.0. The number of hydrogen-bond donors (Lipinski definition) is 0. The van der Waals surface area contributed by atoms with E-state index in [2.05, 4.69) is 9.35 Å². The van der Waals surface area contributed by atoms with Crippen molar-refractivity contribution in [1.82, 2.24) is 14.3 Å². The normalized spacial score (nSPS) is 29.9. The van der Waals surface area contributed by atoms with Crippen LogP contribution in [0.1, 0.15) is 23.2 Å². The van der Waals surface area contributed by atoms with Gasteiger partial charge in [-0.05, 0) is 25.0 Å². The number of rotatable bonds is 1. The highest BCUT2D eigenvalue weighted by Gasteiger charge is 2.42. The monoisotopic (exact) mass is 362 g/mol. The Morgan fingerprint density at radius 2 is 2.16 bits per heavy atom. The molecular weight excluding hydrogens is 340 g/mol. The number of carbonyl (C=O) groups excluding carboxylic acids is 1. The first-order valence-electron chi connectivity index (χ1n) is 8.48. The predicted molar refractivity (Wildman–Crippen MR) is 95.2 cm³/mol. The minimum atomic E-state index is -2.08. The van der Waals surface area contributed by atoms with E-state index >= 15 is 0 Å². The van der Waals surface area contributed by atoms with Crippen LogP contribution in [0.5, 0.6) is 0 Å². The summed E-state index contributed by atoms with van der Waals surface area (Å²) < 4.78 is 24.4. The van der Waals surface area contributed by atoms with Gasteiger partial charge < -0.3 is 14.0 Å². The van der Waals surface area contributed by atoms with Gasteiger partial charge in [0.2, 0.25) is 0 Å². The molecule has 2 fully saturated rings. The number of morpholine rings is 1. The first kappa shape index (κ1) is 16.5. The largest absolute Gasteiger partial charge is 0.371 e. The first-order valence-corrected chi connectivity index (χ1v) is 10.3. The Kier molecular flexibility index (Phi) is 4.04. The molecule has 25 heavy (non-hydrogen) atoms. The SMILES string of the molecule is CN=S1(=O)CCC2(CC1)CN(C(=O)c1ccc3cncn3c1)CCO2. The number of hydrogen-bond acceptors (Lipinski definition) is 5. The summed E-state index contributed by atoms with van der Waals surface area (Å²) in [6.07, 6.45) is 6.65. The lowest BCUT2D eigenvalue weighted by Gasteiger charge is -2.45. The number of imidazole rings is 1. The molecule has 2 aliphatic heterocycles. The van der Waals surface area contributed by atoms with Crippen molar-refractivity contribution in [3.63, 3.8) is 0 Å². The summed E-state index contributed by atoms with van der Waals surface area (Å²) in [5.41, 5.74) is 1.23. The molecule has 0 bridgehead atoms. The molecule has 1 amide bonds. The van der Waals surface area contributed by atoms with Crippen LogP contribution >= 0.6 is 0 Å². The smallest absolute Gasteiger partial charge is 0.255 e. The lowest BCUT2D eigenvalue weighted by molar-refractivity contribution is -0.104. The Morgan fingerprint density at radius 3 is 2.92 bits per heavy atom. The van der Waals surface area contributed by atoms with Crippen LogP contribution in [0, 0.1) is 0 Å². The lowest BCUT2D eigenvalue weighted by atomic mass is 9.94. The summed E-state index contributed by atoms with van der Waals surface area (Å²) in [6.45, 7) is 1.65. The predicted octanol–water partition coefficient (Wildman–Crippen LogP) is 1.44. The number of carbonyl (C=O) groups is 1. The van der Waals surface area contributed by atoms with Crippen molar-refractivity contribution in [1.29, 1.82) is 0 Å². The molecule has 1 spiro atoms. The summed E-state index contributed by atoms with van der Waals surface area (Å²) in [6, 6.07) is 3.74. The van der Waals surface area contributed by atoms with Gasteiger partial charge in [-0.3, -0.25) is 4.79 Å². The number of fused-ring (bicyclic) bond motifs is 1. The number of nitrogens with zero attached hydrogens (tertiary/aromatic N) is 4. The molecule has 0 saturated carbocycles. The lowest BCUT2D eigenvalue weighted by Crippen LogP contribution is -2.56. The molecule has 0 atom stereocenters. The molecule has 2 saturated heterocycles. The van der Waals surface area contributed by atoms with E-state index in [1.807, 2.05) is 27.6 Å². The van der Waals surface area contributed by atoms with Gasteiger partial charge in [0.05, 0.1) is 42.4 Å². The fourth-order valence-corrected chi connectivity index (χ4v) is 5.60. The van der Waals surface area contributed by atoms with Gasteiger partial charge in [0.25, 0.3) is 5.91 Å². The average Bonchev–Trinajstić information content (AvgIpc) is 3.12. The minimum absolute atomic E-state index is 0.00441. The summed E-state index contributed by atoms with van der Waals surface area (Å²) in [7, 11) is -0.451. The number of pyridine rings is 1. The molecule has 0 radical (unpaired) electrons. The van der Waals surface area contributed by atoms with E-state index in [0.717, 1.165) is 5.52 Å². The molecule has 4 heterocycles. The fraction of sp³-hybridized carbons (Fsp3) is 0.529. The van der Waals surface area contributed by atoms with Gasteiger partial charge in [0.1, 0.15) is 0 Å². The van der Waals surface area contributed by atoms with E-state index in [9.17, 15) is 9.00 Å². The van der Waals surface area contributed by atoms with E-state index in [-0.39, 0.29) is 11.5 Å². The summed E-state index contributed by atoms with van der Waals surface area (Å²) >= 11 is 0. The quantitative estimate of drug-likeness (QED) is 0.769. The van der Waals surface area contributed by atoms with Crippen molar-refractivity contribution < 1.29 is 13.7 Å². The van der Waals surface area contributed by atoms with Crippen LogP contribution in [0.15, 0.2) is 35.2 Å². The molecule has 0 aromatic carbocycles. The second-order valence-electron chi connectivity index (χ2n) is 6.77. The molecule has 0 N–H and O–H groups in total. The van der Waals surface area contributed by atoms with Crippen molar-refractivity contribution in [2.24, 2.45) is 4.36 Å². The van der Waals surface area contributed by atoms with Gasteiger partial charge in [-0.1, -0.05) is 0 Å². The van der Waals surface area contributed by atoms with Crippen LogP contribution < -0.4 is 0 Å². The van der Waals surface area contributed by atoms with Gasteiger partial charge in [0.15, 0.2) is 0 Å². The number of aromatic nitrogens is 2. The molecule has 0 unspecified atom stereocenters. The maximum absolute atomic E-state index is 12.9. The summed E-state index contributed by atoms with van der Waals surface area (Å²) in [5.74, 6) is 1.10. The molecule has 8 heteroatoms. The molecule has 4 rings (SSSR count). The van der Waals surface area contributed by atoms with Gasteiger partial charge in [-0.25, -0.2) is 13.6 Å². The Balaban J connectivity index is 1.53. The topological polar surface area (TPSA) is 76.3 Å². The van der Waals surface area contributed by atoms with E-state index in [1.165, 1.54) is 0 Å². The number of ether oxygens (including phenoxy) is 1. The molecule has 2 aliphatic rings. The maximum atomic E-state index is 12.9. The Labute approximate surface area is 147 Å². The minimum Gasteiger partial charge on any atom is -0.371 e. The van der Waals surface area contributed by atoms with Gasteiger partial charge in [-0.2, -0.15) is 0 Å². The second kappa shape index (κ2) is 6.10. The van der Waals surface area contributed by atoms with Crippen LogP contribution in [-0.2, 0) is 14.5 Å². The molecular formula is C17H22N4O3S. The van der Waals surface area contributed by atoms with Crippen LogP contribution in [0.2, 0.25) is 0 Å². The van der Waals surface area contributed by atoms with Crippen molar-refractivity contribution in [2.45, 2.75) is 18.4 Å². The van der Waals surface area contributed by atoms with E-state index in [4.69, 9.17) is 4.74 Å². The average molecular weight is 362 g/mol. The Bertz CT molecular complexity index is 915. The van der Waals surface area contributed by atoms with Crippen LogP contribution in [-0.4, -0.2) is 68.3 Å². The standard InChI is InChI=1S/C17H22N4O3S/c1-18-25(23)8-4-17(5-9-25)12-20(6-7-24-17)16(22)14-2-3-15-10-19-13-21(15)11-14/h2-3,10-11,13H,4-9,12H2,1H3. The van der Waals surface area contributed by atoms with Gasteiger partial charge in [-0.15, -0.1) is 0 Å². The van der Waals surface area contributed by atoms with Gasteiger partial charge >= 0.3 is 0 Å². The van der Waals surface area contributed by atoms with E-state index in [0.29, 0.717) is 49.6 Å². The Hall–Kier alpha value is -1.93. The molecule has 134 valence electrons. The fourth-order valence-electron chi connectivity index (χ4n) is 3.65. The zero-order valence-corrected chi connectivity index (χ0v) is 15.1. The third-order valence-corrected chi connectivity index (χ3v) is 7.63. The van der Waals surface area contributed by atoms with Crippen molar-refractivity contribution in [2.75, 3.05) is 38.2 Å². The van der Waals surface area contributed by atoms with Gasteiger partial charge in [0, 0.05) is 41.0 Å². The summed E-state index contributed by atoms with van der Waals surface area (Å²) in [5, 5.41) is 0. The van der Waals surface area contributed by atoms with Crippen molar-refractivity contribution in [3.8, 4) is 0 Å². The maximum Gasteiger partial charge on any atom is 0.255 e. The highest BCUT2D eigenvalue weighted by atomic mass is 32.2. The second-order valence-corrected chi connectivity index (χ2v) is 9.49. The third-order valence-electron chi connectivity index (χ3n) is 5.28. The highest BCUT2D eigenvalue weighted by molar-refractivity contribution is 7.93. The third kappa shape index (κ3) is 3.04. The molecule has 0 aliphatic carbocycles. The Morgan fingerprint density at radius 1 is 1.36 bits per heavy atom. The van der Waals surface area contributed by atoms with Crippen molar-refractivity contribution >= 4 is 21.2 Å². The zero-order valence-electron chi connectivity index (χ0n) is 14.3.